The van der Waals surface area contributed by atoms with Gasteiger partial charge in [-0.25, -0.2) is 13.6 Å². The number of carbonyl (C=O) groups is 1. The van der Waals surface area contributed by atoms with Crippen molar-refractivity contribution in [1.82, 2.24) is 4.90 Å². The second-order valence-electron chi connectivity index (χ2n) is 4.85. The summed E-state index contributed by atoms with van der Waals surface area (Å²) >= 11 is 3.08. The lowest BCUT2D eigenvalue weighted by atomic mass is 9.96. The van der Waals surface area contributed by atoms with E-state index in [1.807, 2.05) is 30.3 Å². The SMILES string of the molecule is O=C(OCc1ccccc1)N1CCC(F)(F)C(CBr)C1. The molecule has 110 valence electrons. The monoisotopic (exact) mass is 347 g/mol. The van der Waals surface area contributed by atoms with Gasteiger partial charge in [-0.2, -0.15) is 0 Å². The number of ether oxygens (including phenoxy) is 1. The van der Waals surface area contributed by atoms with Crippen molar-refractivity contribution in [2.24, 2.45) is 5.92 Å². The van der Waals surface area contributed by atoms with Crippen molar-refractivity contribution in [3.05, 3.63) is 35.9 Å². The zero-order valence-corrected chi connectivity index (χ0v) is 12.5. The normalized spacial score (nSPS) is 21.6. The minimum atomic E-state index is -2.72. The van der Waals surface area contributed by atoms with E-state index < -0.39 is 17.9 Å². The quantitative estimate of drug-likeness (QED) is 0.780. The van der Waals surface area contributed by atoms with Gasteiger partial charge in [0.05, 0.1) is 5.92 Å². The van der Waals surface area contributed by atoms with Gasteiger partial charge in [-0.05, 0) is 5.56 Å². The Hall–Kier alpha value is -1.17. The maximum atomic E-state index is 13.5. The number of piperidine rings is 1. The van der Waals surface area contributed by atoms with E-state index in [2.05, 4.69) is 15.9 Å². The molecule has 0 saturated carbocycles. The predicted octanol–water partition coefficient (Wildman–Crippen LogP) is 3.68. The molecule has 0 aromatic heterocycles. The zero-order chi connectivity index (χ0) is 14.6. The van der Waals surface area contributed by atoms with Crippen LogP contribution in [0.2, 0.25) is 0 Å². The number of rotatable bonds is 3. The van der Waals surface area contributed by atoms with Gasteiger partial charge in [0.15, 0.2) is 0 Å². The highest BCUT2D eigenvalue weighted by molar-refractivity contribution is 9.09. The molecular weight excluding hydrogens is 332 g/mol. The largest absolute Gasteiger partial charge is 0.445 e. The predicted molar refractivity (Wildman–Crippen MR) is 75.0 cm³/mol. The molecule has 2 rings (SSSR count). The van der Waals surface area contributed by atoms with Gasteiger partial charge in [0.2, 0.25) is 0 Å². The van der Waals surface area contributed by atoms with E-state index >= 15 is 0 Å². The smallest absolute Gasteiger partial charge is 0.410 e. The first-order chi connectivity index (χ1) is 9.53. The maximum absolute atomic E-state index is 13.5. The number of amides is 1. The van der Waals surface area contributed by atoms with Crippen LogP contribution in [0.15, 0.2) is 30.3 Å². The van der Waals surface area contributed by atoms with Crippen LogP contribution in [0.5, 0.6) is 0 Å². The number of hydrogen-bond donors (Lipinski definition) is 0. The Balaban J connectivity index is 1.87. The Kier molecular flexibility index (Phi) is 4.96. The molecule has 1 aliphatic rings. The molecule has 1 saturated heterocycles. The second-order valence-corrected chi connectivity index (χ2v) is 5.50. The molecule has 20 heavy (non-hydrogen) atoms. The standard InChI is InChI=1S/C14H16BrF2NO2/c15-8-12-9-18(7-6-14(12,16)17)13(19)20-10-11-4-2-1-3-5-11/h1-5,12H,6-10H2. The second kappa shape index (κ2) is 6.52. The Morgan fingerprint density at radius 3 is 2.75 bits per heavy atom. The molecule has 0 N–H and O–H groups in total. The summed E-state index contributed by atoms with van der Waals surface area (Å²) in [5.74, 6) is -3.58. The van der Waals surface area contributed by atoms with Crippen molar-refractivity contribution >= 4 is 22.0 Å². The Labute approximate surface area is 125 Å². The summed E-state index contributed by atoms with van der Waals surface area (Å²) in [6.45, 7) is 0.210. The van der Waals surface area contributed by atoms with Crippen molar-refractivity contribution < 1.29 is 18.3 Å². The third-order valence-electron chi connectivity index (χ3n) is 3.40. The lowest BCUT2D eigenvalue weighted by Crippen LogP contribution is -2.50. The first-order valence-corrected chi connectivity index (χ1v) is 7.54. The van der Waals surface area contributed by atoms with E-state index in [-0.39, 0.29) is 31.4 Å². The van der Waals surface area contributed by atoms with Crippen molar-refractivity contribution in [3.63, 3.8) is 0 Å². The summed E-state index contributed by atoms with van der Waals surface area (Å²) < 4.78 is 32.3. The molecular formula is C14H16BrF2NO2. The van der Waals surface area contributed by atoms with Crippen molar-refractivity contribution in [2.75, 3.05) is 18.4 Å². The Morgan fingerprint density at radius 2 is 2.10 bits per heavy atom. The molecule has 0 bridgehead atoms. The number of nitrogens with zero attached hydrogens (tertiary/aromatic N) is 1. The number of hydrogen-bond acceptors (Lipinski definition) is 2. The van der Waals surface area contributed by atoms with Crippen molar-refractivity contribution in [3.8, 4) is 0 Å². The van der Waals surface area contributed by atoms with Crippen LogP contribution >= 0.6 is 15.9 Å². The molecule has 1 unspecified atom stereocenters. The summed E-state index contributed by atoms with van der Waals surface area (Å²) in [6, 6.07) is 9.27. The first-order valence-electron chi connectivity index (χ1n) is 6.42. The van der Waals surface area contributed by atoms with E-state index in [0.717, 1.165) is 5.56 Å². The summed E-state index contributed by atoms with van der Waals surface area (Å²) in [7, 11) is 0. The molecule has 1 amide bonds. The van der Waals surface area contributed by atoms with E-state index in [4.69, 9.17) is 4.74 Å². The highest BCUT2D eigenvalue weighted by Crippen LogP contribution is 2.34. The zero-order valence-electron chi connectivity index (χ0n) is 10.9. The number of likely N-dealkylation sites (tertiary alicyclic amines) is 1. The summed E-state index contributed by atoms with van der Waals surface area (Å²) in [5.41, 5.74) is 0.875. The van der Waals surface area contributed by atoms with Gasteiger partial charge in [-0.1, -0.05) is 46.3 Å². The third kappa shape index (κ3) is 3.69. The van der Waals surface area contributed by atoms with Gasteiger partial charge in [0.25, 0.3) is 5.92 Å². The number of carbonyl (C=O) groups excluding carboxylic acids is 1. The van der Waals surface area contributed by atoms with Crippen molar-refractivity contribution in [2.45, 2.75) is 19.0 Å². The van der Waals surface area contributed by atoms with Crippen LogP contribution < -0.4 is 0 Å². The van der Waals surface area contributed by atoms with Crippen LogP contribution in [-0.2, 0) is 11.3 Å². The maximum Gasteiger partial charge on any atom is 0.410 e. The van der Waals surface area contributed by atoms with Crippen LogP contribution in [0.25, 0.3) is 0 Å². The minimum Gasteiger partial charge on any atom is -0.445 e. The minimum absolute atomic E-state index is 0.0197. The lowest BCUT2D eigenvalue weighted by molar-refractivity contribution is -0.0930. The average Bonchev–Trinajstić information content (AvgIpc) is 2.45. The lowest BCUT2D eigenvalue weighted by Gasteiger charge is -2.36. The summed E-state index contributed by atoms with van der Waals surface area (Å²) in [6.07, 6.45) is -0.848. The average molecular weight is 348 g/mol. The fraction of sp³-hybridized carbons (Fsp3) is 0.500. The van der Waals surface area contributed by atoms with Crippen LogP contribution in [-0.4, -0.2) is 35.3 Å². The molecule has 1 aromatic rings. The van der Waals surface area contributed by atoms with Gasteiger partial charge >= 0.3 is 6.09 Å². The number of halogens is 3. The molecule has 0 radical (unpaired) electrons. The van der Waals surface area contributed by atoms with Crippen LogP contribution in [0.3, 0.4) is 0 Å². The van der Waals surface area contributed by atoms with Crippen molar-refractivity contribution in [1.29, 1.82) is 0 Å². The Morgan fingerprint density at radius 1 is 1.40 bits per heavy atom. The van der Waals surface area contributed by atoms with Gasteiger partial charge < -0.3 is 9.64 Å². The molecule has 0 aliphatic carbocycles. The van der Waals surface area contributed by atoms with Gasteiger partial charge in [0, 0.05) is 24.8 Å². The summed E-state index contributed by atoms with van der Waals surface area (Å²) in [5, 5.41) is 0.169. The van der Waals surface area contributed by atoms with Gasteiger partial charge in [-0.3, -0.25) is 0 Å². The van der Waals surface area contributed by atoms with Crippen LogP contribution in [0, 0.1) is 5.92 Å². The highest BCUT2D eigenvalue weighted by atomic mass is 79.9. The van der Waals surface area contributed by atoms with Crippen LogP contribution in [0.1, 0.15) is 12.0 Å². The molecule has 1 aromatic carbocycles. The van der Waals surface area contributed by atoms with Crippen LogP contribution in [0.4, 0.5) is 13.6 Å². The first kappa shape index (κ1) is 15.2. The molecule has 6 heteroatoms. The van der Waals surface area contributed by atoms with Gasteiger partial charge in [0.1, 0.15) is 6.61 Å². The molecule has 1 atom stereocenters. The highest BCUT2D eigenvalue weighted by Gasteiger charge is 2.44. The number of benzene rings is 1. The van der Waals surface area contributed by atoms with E-state index in [9.17, 15) is 13.6 Å². The molecule has 1 aliphatic heterocycles. The van der Waals surface area contributed by atoms with E-state index in [0.29, 0.717) is 0 Å². The Bertz CT molecular complexity index is 456. The third-order valence-corrected chi connectivity index (χ3v) is 4.18. The fourth-order valence-corrected chi connectivity index (χ4v) is 2.80. The molecule has 1 fully saturated rings. The van der Waals surface area contributed by atoms with E-state index in [1.54, 1.807) is 0 Å². The molecule has 1 heterocycles. The van der Waals surface area contributed by atoms with E-state index in [1.165, 1.54) is 4.90 Å². The molecule has 0 spiro atoms. The summed E-state index contributed by atoms with van der Waals surface area (Å²) in [4.78, 5) is 13.2. The van der Waals surface area contributed by atoms with Gasteiger partial charge in [-0.15, -0.1) is 0 Å². The topological polar surface area (TPSA) is 29.5 Å². The number of alkyl halides is 3. The molecule has 3 nitrogen and oxygen atoms in total. The fourth-order valence-electron chi connectivity index (χ4n) is 2.12.